The van der Waals surface area contributed by atoms with Crippen molar-refractivity contribution in [2.24, 2.45) is 5.10 Å². The summed E-state index contributed by atoms with van der Waals surface area (Å²) in [6, 6.07) is 17.4. The van der Waals surface area contributed by atoms with Crippen LogP contribution < -0.4 is 10.3 Å². The number of rotatable bonds is 5. The van der Waals surface area contributed by atoms with E-state index in [1.165, 1.54) is 0 Å². The average Bonchev–Trinajstić information content (AvgIpc) is 2.64. The first-order chi connectivity index (χ1) is 12.1. The third-order valence-electron chi connectivity index (χ3n) is 3.44. The van der Waals surface area contributed by atoms with E-state index in [0.29, 0.717) is 12.3 Å². The van der Waals surface area contributed by atoms with Gasteiger partial charge in [-0.2, -0.15) is 14.9 Å². The molecule has 0 aliphatic heterocycles. The summed E-state index contributed by atoms with van der Waals surface area (Å²) in [5.74, 6) is 0.719. The average molecular weight is 352 g/mol. The molecule has 7 heteroatoms. The van der Waals surface area contributed by atoms with Crippen LogP contribution in [0.1, 0.15) is 16.8 Å². The van der Waals surface area contributed by atoms with Crippen LogP contribution in [0.25, 0.3) is 0 Å². The highest BCUT2D eigenvalue weighted by atomic mass is 32.1. The molecule has 1 N–H and O–H groups in total. The number of nitrogens with zero attached hydrogens (tertiary/aromatic N) is 3. The van der Waals surface area contributed by atoms with Crippen LogP contribution in [0.15, 0.2) is 64.5 Å². The summed E-state index contributed by atoms with van der Waals surface area (Å²) in [4.78, 5) is 12.0. The fraction of sp³-hybridized carbons (Fsp3) is 0.111. The number of H-pyrrole nitrogens is 1. The molecule has 0 spiro atoms. The molecule has 0 saturated heterocycles. The minimum Gasteiger partial charge on any atom is -0.489 e. The van der Waals surface area contributed by atoms with Crippen molar-refractivity contribution in [1.29, 1.82) is 0 Å². The van der Waals surface area contributed by atoms with Gasteiger partial charge >= 0.3 is 0 Å². The fourth-order valence-corrected chi connectivity index (χ4v) is 2.30. The van der Waals surface area contributed by atoms with E-state index < -0.39 is 0 Å². The summed E-state index contributed by atoms with van der Waals surface area (Å²) in [7, 11) is 0. The Morgan fingerprint density at radius 3 is 2.84 bits per heavy atom. The second-order valence-electron chi connectivity index (χ2n) is 5.32. The highest BCUT2D eigenvalue weighted by Gasteiger charge is 2.01. The third-order valence-corrected chi connectivity index (χ3v) is 3.71. The molecule has 0 aliphatic rings. The number of aryl methyl sites for hydroxylation is 1. The lowest BCUT2D eigenvalue weighted by Crippen LogP contribution is -2.22. The van der Waals surface area contributed by atoms with Gasteiger partial charge in [0, 0.05) is 0 Å². The lowest BCUT2D eigenvalue weighted by atomic mass is 10.2. The van der Waals surface area contributed by atoms with Crippen LogP contribution in [-0.2, 0) is 6.61 Å². The first-order valence-electron chi connectivity index (χ1n) is 7.63. The van der Waals surface area contributed by atoms with E-state index in [4.69, 9.17) is 17.0 Å². The summed E-state index contributed by atoms with van der Waals surface area (Å²) in [5, 5.41) is 10.5. The van der Waals surface area contributed by atoms with E-state index in [1.54, 1.807) is 13.1 Å². The minimum absolute atomic E-state index is 0.142. The van der Waals surface area contributed by atoms with E-state index in [0.717, 1.165) is 21.6 Å². The van der Waals surface area contributed by atoms with Crippen molar-refractivity contribution < 1.29 is 4.74 Å². The molecule has 0 atom stereocenters. The molecule has 2 aromatic carbocycles. The maximum absolute atomic E-state index is 12.0. The molecule has 0 aliphatic carbocycles. The first kappa shape index (κ1) is 16.8. The largest absolute Gasteiger partial charge is 0.489 e. The zero-order valence-electron chi connectivity index (χ0n) is 13.5. The fourth-order valence-electron chi connectivity index (χ4n) is 2.13. The topological polar surface area (TPSA) is 72.3 Å². The van der Waals surface area contributed by atoms with Gasteiger partial charge in [0.05, 0.1) is 6.21 Å². The molecule has 0 amide bonds. The molecule has 3 rings (SSSR count). The molecule has 3 aromatic rings. The van der Waals surface area contributed by atoms with Crippen molar-refractivity contribution in [2.45, 2.75) is 13.5 Å². The van der Waals surface area contributed by atoms with Crippen LogP contribution in [0.4, 0.5) is 0 Å². The lowest BCUT2D eigenvalue weighted by molar-refractivity contribution is 0.306. The molecular weight excluding hydrogens is 336 g/mol. The standard InChI is InChI=1S/C18H16N4O2S/c1-13-17(23)22(18(25)21-20-13)19-11-15-8-5-9-16(10-15)24-12-14-6-3-2-4-7-14/h2-11H,12H2,1H3,(H,21,25)/b19-11+. The molecular formula is C18H16N4O2S. The highest BCUT2D eigenvalue weighted by molar-refractivity contribution is 7.71. The van der Waals surface area contributed by atoms with Crippen LogP contribution in [0.3, 0.4) is 0 Å². The zero-order chi connectivity index (χ0) is 17.6. The second-order valence-corrected chi connectivity index (χ2v) is 5.71. The molecule has 0 bridgehead atoms. The maximum atomic E-state index is 12.0. The number of benzene rings is 2. The summed E-state index contributed by atoms with van der Waals surface area (Å²) < 4.78 is 7.03. The van der Waals surface area contributed by atoms with Gasteiger partial charge in [-0.05, 0) is 42.4 Å². The van der Waals surface area contributed by atoms with E-state index in [2.05, 4.69) is 15.3 Å². The Kier molecular flexibility index (Phi) is 5.15. The molecule has 0 unspecified atom stereocenters. The van der Waals surface area contributed by atoms with E-state index in [1.807, 2.05) is 54.6 Å². The second kappa shape index (κ2) is 7.67. The number of nitrogens with one attached hydrogen (secondary N) is 1. The van der Waals surface area contributed by atoms with Crippen LogP contribution in [0.5, 0.6) is 5.75 Å². The number of hydrogen-bond acceptors (Lipinski definition) is 5. The smallest absolute Gasteiger partial charge is 0.296 e. The highest BCUT2D eigenvalue weighted by Crippen LogP contribution is 2.14. The minimum atomic E-state index is -0.350. The van der Waals surface area contributed by atoms with Crippen LogP contribution in [-0.4, -0.2) is 21.1 Å². The number of hydrogen-bond donors (Lipinski definition) is 1. The Morgan fingerprint density at radius 1 is 1.24 bits per heavy atom. The van der Waals surface area contributed by atoms with E-state index in [-0.39, 0.29) is 10.3 Å². The quantitative estimate of drug-likeness (QED) is 0.566. The maximum Gasteiger partial charge on any atom is 0.296 e. The molecule has 126 valence electrons. The van der Waals surface area contributed by atoms with Crippen LogP contribution >= 0.6 is 12.2 Å². The summed E-state index contributed by atoms with van der Waals surface area (Å²) >= 11 is 5.04. The van der Waals surface area contributed by atoms with Gasteiger partial charge in [-0.1, -0.05) is 42.5 Å². The van der Waals surface area contributed by atoms with Gasteiger partial charge in [-0.3, -0.25) is 9.89 Å². The van der Waals surface area contributed by atoms with Crippen molar-refractivity contribution >= 4 is 18.4 Å². The monoisotopic (exact) mass is 352 g/mol. The van der Waals surface area contributed by atoms with Crippen molar-refractivity contribution in [2.75, 3.05) is 0 Å². The van der Waals surface area contributed by atoms with Gasteiger partial charge in [-0.25, -0.2) is 0 Å². The van der Waals surface area contributed by atoms with E-state index >= 15 is 0 Å². The Bertz CT molecular complexity index is 1010. The molecule has 1 aromatic heterocycles. The number of ether oxygens (including phenoxy) is 1. The van der Waals surface area contributed by atoms with Gasteiger partial charge in [0.1, 0.15) is 18.1 Å². The van der Waals surface area contributed by atoms with Gasteiger partial charge < -0.3 is 4.74 Å². The van der Waals surface area contributed by atoms with Gasteiger partial charge in [0.2, 0.25) is 4.77 Å². The summed E-state index contributed by atoms with van der Waals surface area (Å²) in [5.41, 5.74) is 1.83. The predicted octanol–water partition coefficient (Wildman–Crippen LogP) is 3.07. The lowest BCUT2D eigenvalue weighted by Gasteiger charge is -2.06. The Hall–Kier alpha value is -3.06. The Balaban J connectivity index is 1.77. The zero-order valence-corrected chi connectivity index (χ0v) is 14.4. The van der Waals surface area contributed by atoms with Gasteiger partial charge in [-0.15, -0.1) is 0 Å². The normalized spacial score (nSPS) is 10.9. The van der Waals surface area contributed by atoms with Crippen LogP contribution in [0.2, 0.25) is 0 Å². The number of aromatic amines is 1. The third kappa shape index (κ3) is 4.27. The predicted molar refractivity (Wildman–Crippen MR) is 98.6 cm³/mol. The first-order valence-corrected chi connectivity index (χ1v) is 8.04. The summed E-state index contributed by atoms with van der Waals surface area (Å²) in [6.45, 7) is 2.08. The molecule has 0 saturated carbocycles. The van der Waals surface area contributed by atoms with Gasteiger partial charge in [0.25, 0.3) is 5.56 Å². The van der Waals surface area contributed by atoms with E-state index in [9.17, 15) is 4.79 Å². The molecule has 0 radical (unpaired) electrons. The van der Waals surface area contributed by atoms with Crippen LogP contribution in [0, 0.1) is 11.7 Å². The number of aromatic nitrogens is 3. The molecule has 0 fully saturated rings. The molecule has 25 heavy (non-hydrogen) atoms. The van der Waals surface area contributed by atoms with Crippen molar-refractivity contribution in [3.8, 4) is 5.75 Å². The molecule has 1 heterocycles. The van der Waals surface area contributed by atoms with Crippen molar-refractivity contribution in [3.05, 3.63) is 86.5 Å². The van der Waals surface area contributed by atoms with Crippen molar-refractivity contribution in [1.82, 2.24) is 14.9 Å². The van der Waals surface area contributed by atoms with Crippen molar-refractivity contribution in [3.63, 3.8) is 0 Å². The molecule has 6 nitrogen and oxygen atoms in total. The SMILES string of the molecule is Cc1n[nH]c(=S)n(/N=C/c2cccc(OCc3ccccc3)c2)c1=O. The van der Waals surface area contributed by atoms with Gasteiger partial charge in [0.15, 0.2) is 0 Å². The summed E-state index contributed by atoms with van der Waals surface area (Å²) in [6.07, 6.45) is 1.56. The Morgan fingerprint density at radius 2 is 2.04 bits per heavy atom. The Labute approximate surface area is 149 Å².